The molecule has 182 valence electrons. The number of H-pyrrole nitrogens is 1. The predicted molar refractivity (Wildman–Crippen MR) is 146 cm³/mol. The molecule has 3 aromatic heterocycles. The van der Waals surface area contributed by atoms with Crippen molar-refractivity contribution in [2.45, 2.75) is 32.2 Å². The standard InChI is InChI=1S/C29H31N7/c1-19(22-5-6-22)32-27-9-10-30-17-28(27)33-20(2)29-25-14-23(7-8-26(25)34-35-29)24-13-21(15-31-16-24)18-36-11-3-4-12-36/h7-10,13-17,22,33H,1-6,11-12,18H2,(H,30,32)(H,34,35). The normalized spacial score (nSPS) is 15.8. The van der Waals surface area contributed by atoms with Crippen molar-refractivity contribution in [2.24, 2.45) is 5.92 Å². The Balaban J connectivity index is 1.25. The molecule has 1 aromatic carbocycles. The van der Waals surface area contributed by atoms with Gasteiger partial charge in [-0.2, -0.15) is 5.10 Å². The first-order chi connectivity index (χ1) is 17.6. The molecule has 4 heterocycles. The molecule has 0 spiro atoms. The van der Waals surface area contributed by atoms with E-state index in [-0.39, 0.29) is 0 Å². The van der Waals surface area contributed by atoms with Gasteiger partial charge in [-0.1, -0.05) is 19.2 Å². The van der Waals surface area contributed by atoms with Crippen LogP contribution in [-0.2, 0) is 6.54 Å². The van der Waals surface area contributed by atoms with Gasteiger partial charge >= 0.3 is 0 Å². The number of anilines is 2. The summed E-state index contributed by atoms with van der Waals surface area (Å²) in [6.45, 7) is 11.8. The van der Waals surface area contributed by atoms with Crippen LogP contribution in [0.4, 0.5) is 11.4 Å². The van der Waals surface area contributed by atoms with Gasteiger partial charge in [0.15, 0.2) is 0 Å². The van der Waals surface area contributed by atoms with E-state index in [4.69, 9.17) is 0 Å². The third kappa shape index (κ3) is 4.75. The van der Waals surface area contributed by atoms with Crippen LogP contribution in [0.25, 0.3) is 27.7 Å². The zero-order valence-corrected chi connectivity index (χ0v) is 20.4. The molecular formula is C29H31N7. The van der Waals surface area contributed by atoms with Crippen LogP contribution < -0.4 is 10.6 Å². The summed E-state index contributed by atoms with van der Waals surface area (Å²) in [6.07, 6.45) is 12.5. The fraction of sp³-hybridized carbons (Fsp3) is 0.276. The smallest absolute Gasteiger partial charge is 0.116 e. The largest absolute Gasteiger partial charge is 0.357 e. The van der Waals surface area contributed by atoms with Crippen molar-refractivity contribution in [3.8, 4) is 11.1 Å². The van der Waals surface area contributed by atoms with Crippen LogP contribution in [-0.4, -0.2) is 38.2 Å². The highest BCUT2D eigenvalue weighted by atomic mass is 15.1. The average Bonchev–Trinajstić information content (AvgIpc) is 3.47. The lowest BCUT2D eigenvalue weighted by Crippen LogP contribution is -2.18. The number of rotatable bonds is 9. The van der Waals surface area contributed by atoms with Gasteiger partial charge in [-0.3, -0.25) is 20.0 Å². The highest BCUT2D eigenvalue weighted by Crippen LogP contribution is 2.37. The lowest BCUT2D eigenvalue weighted by atomic mass is 10.0. The predicted octanol–water partition coefficient (Wildman–Crippen LogP) is 6.03. The van der Waals surface area contributed by atoms with Gasteiger partial charge < -0.3 is 10.6 Å². The van der Waals surface area contributed by atoms with Gasteiger partial charge in [0, 0.05) is 41.8 Å². The molecule has 1 saturated carbocycles. The molecule has 0 atom stereocenters. The van der Waals surface area contributed by atoms with Gasteiger partial charge in [-0.15, -0.1) is 0 Å². The van der Waals surface area contributed by atoms with Crippen molar-refractivity contribution in [3.63, 3.8) is 0 Å². The maximum absolute atomic E-state index is 4.57. The van der Waals surface area contributed by atoms with E-state index in [0.717, 1.165) is 51.3 Å². The van der Waals surface area contributed by atoms with E-state index < -0.39 is 0 Å². The number of nitrogens with one attached hydrogen (secondary N) is 3. The molecule has 36 heavy (non-hydrogen) atoms. The summed E-state index contributed by atoms with van der Waals surface area (Å²) in [6, 6.07) is 10.5. The number of likely N-dealkylation sites (tertiary alicyclic amines) is 1. The second-order valence-corrected chi connectivity index (χ2v) is 9.85. The molecule has 4 aromatic rings. The van der Waals surface area contributed by atoms with E-state index >= 15 is 0 Å². The van der Waals surface area contributed by atoms with Crippen molar-refractivity contribution in [3.05, 3.63) is 85.2 Å². The minimum atomic E-state index is 0.561. The molecule has 1 saturated heterocycles. The summed E-state index contributed by atoms with van der Waals surface area (Å²) in [4.78, 5) is 11.3. The number of nitrogens with zero attached hydrogens (tertiary/aromatic N) is 4. The second kappa shape index (κ2) is 9.59. The molecule has 7 nitrogen and oxygen atoms in total. The Morgan fingerprint density at radius 1 is 0.944 bits per heavy atom. The van der Waals surface area contributed by atoms with E-state index in [1.165, 1.54) is 44.3 Å². The zero-order chi connectivity index (χ0) is 24.5. The Kier molecular flexibility index (Phi) is 5.99. The highest BCUT2D eigenvalue weighted by Gasteiger charge is 2.25. The number of pyridine rings is 2. The van der Waals surface area contributed by atoms with E-state index in [1.54, 1.807) is 12.4 Å². The molecule has 0 unspecified atom stereocenters. The summed E-state index contributed by atoms with van der Waals surface area (Å²) < 4.78 is 0. The molecule has 2 fully saturated rings. The molecular weight excluding hydrogens is 446 g/mol. The van der Waals surface area contributed by atoms with Gasteiger partial charge in [0.1, 0.15) is 5.69 Å². The first kappa shape index (κ1) is 22.5. The summed E-state index contributed by atoms with van der Waals surface area (Å²) >= 11 is 0. The number of fused-ring (bicyclic) bond motifs is 1. The maximum Gasteiger partial charge on any atom is 0.116 e. The number of aromatic amines is 1. The first-order valence-corrected chi connectivity index (χ1v) is 12.6. The molecule has 2 aliphatic rings. The minimum Gasteiger partial charge on any atom is -0.357 e. The molecule has 6 rings (SSSR count). The van der Waals surface area contributed by atoms with Crippen LogP contribution >= 0.6 is 0 Å². The van der Waals surface area contributed by atoms with Crippen molar-refractivity contribution < 1.29 is 0 Å². The summed E-state index contributed by atoms with van der Waals surface area (Å²) in [5.74, 6) is 0.561. The van der Waals surface area contributed by atoms with Gasteiger partial charge in [0.25, 0.3) is 0 Å². The Bertz CT molecular complexity index is 1430. The van der Waals surface area contributed by atoms with Crippen LogP contribution in [0.15, 0.2) is 74.0 Å². The molecule has 0 bridgehead atoms. The number of benzene rings is 1. The average molecular weight is 478 g/mol. The third-order valence-corrected chi connectivity index (χ3v) is 7.05. The second-order valence-electron chi connectivity index (χ2n) is 9.85. The van der Waals surface area contributed by atoms with E-state index in [0.29, 0.717) is 11.6 Å². The van der Waals surface area contributed by atoms with E-state index in [2.05, 4.69) is 73.1 Å². The van der Waals surface area contributed by atoms with Crippen molar-refractivity contribution >= 4 is 28.0 Å². The monoisotopic (exact) mass is 477 g/mol. The van der Waals surface area contributed by atoms with Crippen molar-refractivity contribution in [1.82, 2.24) is 25.1 Å². The molecule has 0 amide bonds. The van der Waals surface area contributed by atoms with Gasteiger partial charge in [-0.05, 0) is 80.1 Å². The van der Waals surface area contributed by atoms with Gasteiger partial charge in [0.05, 0.1) is 28.8 Å². The quantitative estimate of drug-likeness (QED) is 0.273. The lowest BCUT2D eigenvalue weighted by molar-refractivity contribution is 0.331. The third-order valence-electron chi connectivity index (χ3n) is 7.05. The summed E-state index contributed by atoms with van der Waals surface area (Å²) in [5.41, 5.74) is 8.73. The zero-order valence-electron chi connectivity index (χ0n) is 20.4. The summed E-state index contributed by atoms with van der Waals surface area (Å²) in [5, 5.41) is 15.6. The van der Waals surface area contributed by atoms with Crippen LogP contribution in [0.3, 0.4) is 0 Å². The molecule has 1 aliphatic heterocycles. The Labute approximate surface area is 211 Å². The van der Waals surface area contributed by atoms with Crippen molar-refractivity contribution in [2.75, 3.05) is 23.7 Å². The first-order valence-electron chi connectivity index (χ1n) is 12.6. The van der Waals surface area contributed by atoms with E-state index in [9.17, 15) is 0 Å². The van der Waals surface area contributed by atoms with Crippen LogP contribution in [0.5, 0.6) is 0 Å². The number of allylic oxidation sites excluding steroid dienone is 1. The van der Waals surface area contributed by atoms with Crippen LogP contribution in [0.1, 0.15) is 36.9 Å². The van der Waals surface area contributed by atoms with Crippen molar-refractivity contribution in [1.29, 1.82) is 0 Å². The highest BCUT2D eigenvalue weighted by molar-refractivity contribution is 5.95. The molecule has 0 radical (unpaired) electrons. The fourth-order valence-corrected chi connectivity index (χ4v) is 4.89. The minimum absolute atomic E-state index is 0.561. The number of hydrogen-bond donors (Lipinski definition) is 3. The molecule has 3 N–H and O–H groups in total. The topological polar surface area (TPSA) is 81.8 Å². The lowest BCUT2D eigenvalue weighted by Gasteiger charge is -2.15. The molecule has 1 aliphatic carbocycles. The number of hydrogen-bond acceptors (Lipinski definition) is 6. The Morgan fingerprint density at radius 2 is 1.81 bits per heavy atom. The fourth-order valence-electron chi connectivity index (χ4n) is 4.89. The Morgan fingerprint density at radius 3 is 2.64 bits per heavy atom. The van der Waals surface area contributed by atoms with Gasteiger partial charge in [-0.25, -0.2) is 0 Å². The summed E-state index contributed by atoms with van der Waals surface area (Å²) in [7, 11) is 0. The van der Waals surface area contributed by atoms with E-state index in [1.807, 2.05) is 18.5 Å². The maximum atomic E-state index is 4.57. The number of aromatic nitrogens is 4. The Hall–Kier alpha value is -3.97. The van der Waals surface area contributed by atoms with Crippen LogP contribution in [0, 0.1) is 5.92 Å². The molecule has 7 heteroatoms. The SMILES string of the molecule is C=C(Nc1cnccc1NC(=C)C1CC1)c1n[nH]c2ccc(-c3cncc(CN4CCCC4)c3)cc12. The van der Waals surface area contributed by atoms with Crippen LogP contribution in [0.2, 0.25) is 0 Å². The van der Waals surface area contributed by atoms with Gasteiger partial charge in [0.2, 0.25) is 0 Å².